The average molecular weight is 386 g/mol. The molecule has 4 nitrogen and oxygen atoms in total. The summed E-state index contributed by atoms with van der Waals surface area (Å²) in [6.07, 6.45) is -0.502. The van der Waals surface area contributed by atoms with Crippen molar-refractivity contribution >= 4 is 25.7 Å². The van der Waals surface area contributed by atoms with Crippen LogP contribution in [-0.4, -0.2) is 27.1 Å². The van der Waals surface area contributed by atoms with E-state index in [-0.39, 0.29) is 18.2 Å². The maximum absolute atomic E-state index is 12.0. The van der Waals surface area contributed by atoms with Crippen LogP contribution in [0.3, 0.4) is 0 Å². The van der Waals surface area contributed by atoms with Crippen LogP contribution in [-0.2, 0) is 9.16 Å². The summed E-state index contributed by atoms with van der Waals surface area (Å²) < 4.78 is 12.0. The molecule has 1 rings (SSSR count). The molecule has 0 radical (unpaired) electrons. The molecule has 0 aliphatic rings. The zero-order chi connectivity index (χ0) is 19.2. The van der Waals surface area contributed by atoms with E-state index in [0.717, 1.165) is 5.56 Å². The minimum absolute atomic E-state index is 0.113. The minimum atomic E-state index is -2.02. The van der Waals surface area contributed by atoms with Crippen LogP contribution in [0.1, 0.15) is 67.0 Å². The molecule has 6 heteroatoms. The summed E-state index contributed by atoms with van der Waals surface area (Å²) in [5.74, 6) is 0. The highest BCUT2D eigenvalue weighted by Gasteiger charge is 2.47. The second kappa shape index (κ2) is 9.74. The van der Waals surface area contributed by atoms with E-state index >= 15 is 0 Å². The summed E-state index contributed by atoms with van der Waals surface area (Å²) in [6, 6.07) is 1.85. The molecule has 0 saturated heterocycles. The molecule has 1 N–H and O–H groups in total. The van der Waals surface area contributed by atoms with Crippen molar-refractivity contribution in [1.82, 2.24) is 5.32 Å². The lowest BCUT2D eigenvalue weighted by Crippen LogP contribution is -2.52. The van der Waals surface area contributed by atoms with Gasteiger partial charge in [0.2, 0.25) is 8.32 Å². The first-order valence-electron chi connectivity index (χ1n) is 9.29. The zero-order valence-corrected chi connectivity index (χ0v) is 18.8. The van der Waals surface area contributed by atoms with Gasteiger partial charge >= 0.3 is 6.09 Å². The molecule has 0 fully saturated rings. The fourth-order valence-corrected chi connectivity index (χ4v) is 10.3. The Hall–Kier alpha value is -0.853. The molecule has 0 saturated carbocycles. The molecule has 25 heavy (non-hydrogen) atoms. The molecule has 1 aromatic heterocycles. The standard InChI is InChI=1S/C19H35NO3SSi/c1-9-22-19(21)20-18(17-10-11-24-12-17)16(8)23-25(13(2)3,14(4)5)15(6)7/h10-16,18H,9H2,1-8H3,(H,20,21)/t16-,18+/m1/s1. The number of alkyl carbamates (subject to hydrolysis) is 1. The van der Waals surface area contributed by atoms with Gasteiger partial charge in [0.25, 0.3) is 0 Å². The van der Waals surface area contributed by atoms with Gasteiger partial charge in [-0.2, -0.15) is 11.3 Å². The molecule has 1 amide bonds. The number of carbonyl (C=O) groups is 1. The summed E-state index contributed by atoms with van der Waals surface area (Å²) >= 11 is 1.63. The van der Waals surface area contributed by atoms with Crippen molar-refractivity contribution in [1.29, 1.82) is 0 Å². The van der Waals surface area contributed by atoms with Crippen LogP contribution >= 0.6 is 11.3 Å². The van der Waals surface area contributed by atoms with E-state index in [1.54, 1.807) is 11.3 Å². The van der Waals surface area contributed by atoms with E-state index in [9.17, 15) is 4.79 Å². The highest BCUT2D eigenvalue weighted by molar-refractivity contribution is 7.08. The SMILES string of the molecule is CCOC(=O)N[C@H](c1ccsc1)[C@@H](C)O[Si](C(C)C)(C(C)C)C(C)C. The quantitative estimate of drug-likeness (QED) is 0.521. The van der Waals surface area contributed by atoms with Crippen molar-refractivity contribution in [3.05, 3.63) is 22.4 Å². The molecule has 0 bridgehead atoms. The third kappa shape index (κ3) is 5.31. The number of rotatable bonds is 9. The van der Waals surface area contributed by atoms with E-state index in [0.29, 0.717) is 23.2 Å². The van der Waals surface area contributed by atoms with E-state index in [4.69, 9.17) is 9.16 Å². The molecule has 0 spiro atoms. The van der Waals surface area contributed by atoms with Gasteiger partial charge in [-0.1, -0.05) is 41.5 Å². The van der Waals surface area contributed by atoms with E-state index < -0.39 is 8.32 Å². The van der Waals surface area contributed by atoms with Gasteiger partial charge in [-0.15, -0.1) is 0 Å². The number of nitrogens with one attached hydrogen (secondary N) is 1. The molecular weight excluding hydrogens is 350 g/mol. The van der Waals surface area contributed by atoms with Crippen LogP contribution in [0.4, 0.5) is 4.79 Å². The predicted octanol–water partition coefficient (Wildman–Crippen LogP) is 6.12. The third-order valence-electron chi connectivity index (χ3n) is 5.02. The van der Waals surface area contributed by atoms with Crippen molar-refractivity contribution in [2.24, 2.45) is 0 Å². The molecule has 0 unspecified atom stereocenters. The van der Waals surface area contributed by atoms with Crippen LogP contribution in [0.15, 0.2) is 16.8 Å². The highest BCUT2D eigenvalue weighted by atomic mass is 32.1. The zero-order valence-electron chi connectivity index (χ0n) is 17.0. The summed E-state index contributed by atoms with van der Waals surface area (Å²) in [7, 11) is -2.02. The Morgan fingerprint density at radius 1 is 1.12 bits per heavy atom. The van der Waals surface area contributed by atoms with Crippen LogP contribution in [0.25, 0.3) is 0 Å². The summed E-state index contributed by atoms with van der Waals surface area (Å²) in [5, 5.41) is 7.10. The molecular formula is C19H35NO3SSi. The van der Waals surface area contributed by atoms with Gasteiger partial charge < -0.3 is 14.5 Å². The van der Waals surface area contributed by atoms with Gasteiger partial charge in [0.15, 0.2) is 0 Å². The summed E-state index contributed by atoms with van der Waals surface area (Å²) in [4.78, 5) is 12.0. The van der Waals surface area contributed by atoms with Crippen LogP contribution in [0, 0.1) is 0 Å². The first-order valence-corrected chi connectivity index (χ1v) is 12.4. The smallest absolute Gasteiger partial charge is 0.407 e. The number of thiophene rings is 1. The van der Waals surface area contributed by atoms with E-state index in [2.05, 4.69) is 59.2 Å². The third-order valence-corrected chi connectivity index (χ3v) is 11.9. The van der Waals surface area contributed by atoms with Gasteiger partial charge in [-0.05, 0) is 52.9 Å². The van der Waals surface area contributed by atoms with Crippen LogP contribution in [0.2, 0.25) is 16.6 Å². The minimum Gasteiger partial charge on any atom is -0.450 e. The molecule has 0 aliphatic heterocycles. The molecule has 1 heterocycles. The van der Waals surface area contributed by atoms with Gasteiger partial charge in [0.1, 0.15) is 0 Å². The van der Waals surface area contributed by atoms with Gasteiger partial charge in [0.05, 0.1) is 18.8 Å². The maximum atomic E-state index is 12.0. The van der Waals surface area contributed by atoms with Crippen molar-refractivity contribution < 1.29 is 14.0 Å². The van der Waals surface area contributed by atoms with Crippen LogP contribution in [0.5, 0.6) is 0 Å². The number of amides is 1. The lowest BCUT2D eigenvalue weighted by molar-refractivity contribution is 0.118. The van der Waals surface area contributed by atoms with Crippen molar-refractivity contribution in [3.63, 3.8) is 0 Å². The normalized spacial score (nSPS) is 14.8. The van der Waals surface area contributed by atoms with Crippen molar-refractivity contribution in [2.45, 2.75) is 84.2 Å². The predicted molar refractivity (Wildman–Crippen MR) is 109 cm³/mol. The Bertz CT molecular complexity index is 495. The fourth-order valence-electron chi connectivity index (χ4n) is 4.02. The van der Waals surface area contributed by atoms with Crippen molar-refractivity contribution in [2.75, 3.05) is 6.61 Å². The Balaban J connectivity index is 3.11. The Kier molecular flexibility index (Phi) is 8.64. The van der Waals surface area contributed by atoms with Gasteiger partial charge in [-0.3, -0.25) is 0 Å². The molecule has 0 aliphatic carbocycles. The number of hydrogen-bond acceptors (Lipinski definition) is 4. The van der Waals surface area contributed by atoms with Crippen molar-refractivity contribution in [3.8, 4) is 0 Å². The number of carbonyl (C=O) groups excluding carboxylic acids is 1. The molecule has 144 valence electrons. The average Bonchev–Trinajstić information content (AvgIpc) is 3.03. The van der Waals surface area contributed by atoms with E-state index in [1.165, 1.54) is 0 Å². The number of hydrogen-bond donors (Lipinski definition) is 1. The molecule has 0 aromatic carbocycles. The summed E-state index contributed by atoms with van der Waals surface area (Å²) in [5.41, 5.74) is 2.58. The van der Waals surface area contributed by atoms with E-state index in [1.807, 2.05) is 18.4 Å². The Labute approximate surface area is 158 Å². The topological polar surface area (TPSA) is 47.6 Å². The lowest BCUT2D eigenvalue weighted by atomic mass is 10.1. The second-order valence-electron chi connectivity index (χ2n) is 7.54. The molecule has 2 atom stereocenters. The Morgan fingerprint density at radius 2 is 1.68 bits per heavy atom. The first kappa shape index (κ1) is 22.2. The number of ether oxygens (including phenoxy) is 1. The largest absolute Gasteiger partial charge is 0.450 e. The monoisotopic (exact) mass is 385 g/mol. The second-order valence-corrected chi connectivity index (χ2v) is 13.7. The van der Waals surface area contributed by atoms with Gasteiger partial charge in [0, 0.05) is 0 Å². The molecule has 1 aromatic rings. The fraction of sp³-hybridized carbons (Fsp3) is 0.737. The van der Waals surface area contributed by atoms with Gasteiger partial charge in [-0.25, -0.2) is 4.79 Å². The lowest BCUT2D eigenvalue weighted by Gasteiger charge is -2.45. The summed E-state index contributed by atoms with van der Waals surface area (Å²) in [6.45, 7) is 17.9. The first-order chi connectivity index (χ1) is 11.7. The highest BCUT2D eigenvalue weighted by Crippen LogP contribution is 2.44. The maximum Gasteiger partial charge on any atom is 0.407 e. The Morgan fingerprint density at radius 3 is 2.08 bits per heavy atom. The van der Waals surface area contributed by atoms with Crippen LogP contribution < -0.4 is 5.32 Å².